The first-order chi connectivity index (χ1) is 15.6. The molecule has 1 amide bonds. The Bertz CT molecular complexity index is 1310. The number of pyridine rings is 1. The molecule has 1 N–H and O–H groups in total. The molecule has 3 heterocycles. The van der Waals surface area contributed by atoms with Crippen LogP contribution in [0.15, 0.2) is 72.4 Å². The molecule has 5 rings (SSSR count). The summed E-state index contributed by atoms with van der Waals surface area (Å²) in [6, 6.07) is 17.3. The molecule has 3 aromatic rings. The van der Waals surface area contributed by atoms with Crippen LogP contribution >= 0.6 is 0 Å². The lowest BCUT2D eigenvalue weighted by Crippen LogP contribution is -2.29. The van der Waals surface area contributed by atoms with Gasteiger partial charge in [-0.1, -0.05) is 6.07 Å². The van der Waals surface area contributed by atoms with E-state index in [1.54, 1.807) is 66.9 Å². The van der Waals surface area contributed by atoms with Crippen molar-refractivity contribution in [1.82, 2.24) is 4.98 Å². The number of benzene rings is 2. The van der Waals surface area contributed by atoms with E-state index in [0.717, 1.165) is 0 Å². The minimum absolute atomic E-state index is 0.0660. The number of amides is 1. The largest absolute Gasteiger partial charge is 0.507 e. The normalized spacial score (nSPS) is 18.6. The summed E-state index contributed by atoms with van der Waals surface area (Å²) in [7, 11) is 0. The molecular weight excluding hydrogens is 410 g/mol. The summed E-state index contributed by atoms with van der Waals surface area (Å²) in [5.41, 5.74) is 1.47. The number of aliphatic hydroxyl groups is 1. The monoisotopic (exact) mass is 425 g/mol. The highest BCUT2D eigenvalue weighted by molar-refractivity contribution is 6.51. The zero-order valence-electron chi connectivity index (χ0n) is 16.6. The molecule has 1 aromatic heterocycles. The lowest BCUT2D eigenvalue weighted by atomic mass is 9.98. The van der Waals surface area contributed by atoms with Crippen LogP contribution in [0.5, 0.6) is 11.5 Å². The number of ketones is 1. The fourth-order valence-corrected chi connectivity index (χ4v) is 3.81. The average Bonchev–Trinajstić information content (AvgIpc) is 3.41. The molecule has 0 radical (unpaired) electrons. The van der Waals surface area contributed by atoms with E-state index in [9.17, 15) is 14.7 Å². The van der Waals surface area contributed by atoms with Gasteiger partial charge < -0.3 is 14.6 Å². The van der Waals surface area contributed by atoms with Crippen molar-refractivity contribution in [3.05, 3.63) is 89.3 Å². The van der Waals surface area contributed by atoms with Crippen LogP contribution in [0.1, 0.15) is 22.9 Å². The van der Waals surface area contributed by atoms with Crippen LogP contribution in [-0.4, -0.2) is 28.6 Å². The van der Waals surface area contributed by atoms with Gasteiger partial charge in [0.15, 0.2) is 11.5 Å². The van der Waals surface area contributed by atoms with Crippen LogP contribution in [0, 0.1) is 11.3 Å². The van der Waals surface area contributed by atoms with E-state index in [0.29, 0.717) is 34.0 Å². The molecule has 0 aliphatic carbocycles. The lowest BCUT2D eigenvalue weighted by Gasteiger charge is -2.24. The minimum Gasteiger partial charge on any atom is -0.507 e. The van der Waals surface area contributed by atoms with Crippen molar-refractivity contribution in [3.63, 3.8) is 0 Å². The predicted molar refractivity (Wildman–Crippen MR) is 113 cm³/mol. The second-order valence-electron chi connectivity index (χ2n) is 7.15. The maximum absolute atomic E-state index is 13.1. The van der Waals surface area contributed by atoms with Gasteiger partial charge in [-0.2, -0.15) is 5.26 Å². The molecule has 2 aliphatic heterocycles. The zero-order valence-corrected chi connectivity index (χ0v) is 16.6. The van der Waals surface area contributed by atoms with Gasteiger partial charge in [0.25, 0.3) is 11.7 Å². The number of anilines is 1. The van der Waals surface area contributed by atoms with Gasteiger partial charge in [0, 0.05) is 17.4 Å². The number of hydrogen-bond donors (Lipinski definition) is 1. The Balaban J connectivity index is 1.68. The van der Waals surface area contributed by atoms with Crippen LogP contribution in [0.2, 0.25) is 0 Å². The third-order valence-electron chi connectivity index (χ3n) is 5.33. The van der Waals surface area contributed by atoms with E-state index in [1.807, 2.05) is 6.07 Å². The lowest BCUT2D eigenvalue weighted by molar-refractivity contribution is -0.132. The predicted octanol–water partition coefficient (Wildman–Crippen LogP) is 3.31. The van der Waals surface area contributed by atoms with Crippen molar-refractivity contribution >= 4 is 23.1 Å². The second-order valence-corrected chi connectivity index (χ2v) is 7.15. The van der Waals surface area contributed by atoms with Crippen molar-refractivity contribution < 1.29 is 24.2 Å². The maximum atomic E-state index is 13.1. The van der Waals surface area contributed by atoms with Crippen molar-refractivity contribution in [1.29, 1.82) is 5.26 Å². The smallest absolute Gasteiger partial charge is 0.300 e. The topological polar surface area (TPSA) is 113 Å². The summed E-state index contributed by atoms with van der Waals surface area (Å²) in [5, 5.41) is 20.2. The third-order valence-corrected chi connectivity index (χ3v) is 5.33. The first-order valence-corrected chi connectivity index (χ1v) is 9.70. The average molecular weight is 425 g/mol. The number of nitriles is 1. The number of fused-ring (bicyclic) bond motifs is 1. The second kappa shape index (κ2) is 7.56. The summed E-state index contributed by atoms with van der Waals surface area (Å²) in [6.07, 6.45) is 1.55. The van der Waals surface area contributed by atoms with Gasteiger partial charge in [-0.05, 0) is 54.6 Å². The number of rotatable bonds is 3. The van der Waals surface area contributed by atoms with Crippen LogP contribution in [-0.2, 0) is 9.59 Å². The number of carbonyl (C=O) groups excluding carboxylic acids is 2. The first kappa shape index (κ1) is 19.3. The van der Waals surface area contributed by atoms with E-state index in [2.05, 4.69) is 4.98 Å². The summed E-state index contributed by atoms with van der Waals surface area (Å²) in [5.74, 6) is -1.01. The molecular formula is C24H15N3O5. The fourth-order valence-electron chi connectivity index (χ4n) is 3.81. The molecule has 156 valence electrons. The van der Waals surface area contributed by atoms with Crippen molar-refractivity contribution in [2.45, 2.75) is 6.04 Å². The van der Waals surface area contributed by atoms with Crippen molar-refractivity contribution in [3.8, 4) is 17.6 Å². The Morgan fingerprint density at radius 2 is 1.84 bits per heavy atom. The molecule has 8 heteroatoms. The van der Waals surface area contributed by atoms with E-state index < -0.39 is 17.7 Å². The van der Waals surface area contributed by atoms with Gasteiger partial charge in [-0.3, -0.25) is 19.5 Å². The van der Waals surface area contributed by atoms with Crippen molar-refractivity contribution in [2.24, 2.45) is 0 Å². The SMILES string of the molecule is N#Cc1ccc(N2C(=O)C(=O)/C(=C(\O)c3ccc4c(c3)OCO4)C2c2ccccn2)cc1. The maximum Gasteiger partial charge on any atom is 0.300 e. The Hall–Kier alpha value is -4.64. The van der Waals surface area contributed by atoms with E-state index in [-0.39, 0.29) is 18.1 Å². The van der Waals surface area contributed by atoms with Crippen LogP contribution in [0.4, 0.5) is 5.69 Å². The summed E-state index contributed by atoms with van der Waals surface area (Å²) in [6.45, 7) is 0.0660. The Morgan fingerprint density at radius 3 is 2.56 bits per heavy atom. The van der Waals surface area contributed by atoms with Gasteiger partial charge in [0.1, 0.15) is 11.8 Å². The highest BCUT2D eigenvalue weighted by Crippen LogP contribution is 2.42. The highest BCUT2D eigenvalue weighted by atomic mass is 16.7. The molecule has 1 fully saturated rings. The number of hydrogen-bond acceptors (Lipinski definition) is 7. The van der Waals surface area contributed by atoms with E-state index in [1.165, 1.54) is 4.90 Å². The van der Waals surface area contributed by atoms with Crippen molar-refractivity contribution in [2.75, 3.05) is 11.7 Å². The van der Waals surface area contributed by atoms with Crippen LogP contribution in [0.25, 0.3) is 5.76 Å². The van der Waals surface area contributed by atoms with Crippen LogP contribution in [0.3, 0.4) is 0 Å². The standard InChI is InChI=1S/C24H15N3O5/c25-12-14-4-7-16(8-5-14)27-21(17-3-1-2-10-26-17)20(23(29)24(27)30)22(28)15-6-9-18-19(11-15)32-13-31-18/h1-11,21,28H,13H2/b22-20-. The number of aliphatic hydroxyl groups excluding tert-OH is 1. The number of Topliss-reactive ketones (excluding diaryl/α,β-unsaturated/α-hetero) is 1. The summed E-state index contributed by atoms with van der Waals surface area (Å²) < 4.78 is 10.7. The molecule has 32 heavy (non-hydrogen) atoms. The number of aromatic nitrogens is 1. The fraction of sp³-hybridized carbons (Fsp3) is 0.0833. The molecule has 1 unspecified atom stereocenters. The molecule has 8 nitrogen and oxygen atoms in total. The molecule has 1 atom stereocenters. The first-order valence-electron chi connectivity index (χ1n) is 9.70. The Kier molecular flexibility index (Phi) is 4.57. The third kappa shape index (κ3) is 3.04. The quantitative estimate of drug-likeness (QED) is 0.389. The highest BCUT2D eigenvalue weighted by Gasteiger charge is 2.47. The van der Waals surface area contributed by atoms with Gasteiger partial charge >= 0.3 is 0 Å². The Morgan fingerprint density at radius 1 is 1.06 bits per heavy atom. The molecule has 0 bridgehead atoms. The van der Waals surface area contributed by atoms with Gasteiger partial charge in [-0.15, -0.1) is 0 Å². The minimum atomic E-state index is -0.949. The molecule has 2 aromatic carbocycles. The summed E-state index contributed by atoms with van der Waals surface area (Å²) in [4.78, 5) is 31.8. The number of carbonyl (C=O) groups is 2. The van der Waals surface area contributed by atoms with Crippen LogP contribution < -0.4 is 14.4 Å². The number of nitrogens with zero attached hydrogens (tertiary/aromatic N) is 3. The molecule has 0 saturated carbocycles. The number of ether oxygens (including phenoxy) is 2. The van der Waals surface area contributed by atoms with Gasteiger partial charge in [0.2, 0.25) is 6.79 Å². The van der Waals surface area contributed by atoms with Gasteiger partial charge in [-0.25, -0.2) is 0 Å². The summed E-state index contributed by atoms with van der Waals surface area (Å²) >= 11 is 0. The van der Waals surface area contributed by atoms with Gasteiger partial charge in [0.05, 0.1) is 22.9 Å². The molecule has 2 aliphatic rings. The van der Waals surface area contributed by atoms with E-state index in [4.69, 9.17) is 14.7 Å². The molecule has 0 spiro atoms. The molecule has 1 saturated heterocycles. The zero-order chi connectivity index (χ0) is 22.2. The van der Waals surface area contributed by atoms with E-state index >= 15 is 0 Å². The Labute approximate surface area is 182 Å².